The van der Waals surface area contributed by atoms with Gasteiger partial charge >= 0.3 is 0 Å². The smallest absolute Gasteiger partial charge is 0.224 e. The lowest BCUT2D eigenvalue weighted by Crippen LogP contribution is -2.31. The predicted octanol–water partition coefficient (Wildman–Crippen LogP) is 6.53. The molecule has 4 aromatic rings. The fourth-order valence-electron chi connectivity index (χ4n) is 5.26. The lowest BCUT2D eigenvalue weighted by molar-refractivity contribution is -0.245. The van der Waals surface area contributed by atoms with Gasteiger partial charge < -0.3 is 35.7 Å². The molecular formula is C37H41N3O6S. The second-order valence-corrected chi connectivity index (χ2v) is 12.4. The van der Waals surface area contributed by atoms with Gasteiger partial charge in [-0.05, 0) is 47.4 Å². The first-order chi connectivity index (χ1) is 22.9. The molecular weight excluding hydrogens is 614 g/mol. The Hall–Kier alpha value is -4.35. The third-order valence-electron chi connectivity index (χ3n) is 7.89. The van der Waals surface area contributed by atoms with Crippen LogP contribution >= 0.6 is 11.8 Å². The monoisotopic (exact) mass is 655 g/mol. The van der Waals surface area contributed by atoms with E-state index in [1.165, 1.54) is 0 Å². The molecule has 2 amide bonds. The maximum absolute atomic E-state index is 12.4. The summed E-state index contributed by atoms with van der Waals surface area (Å²) in [6.07, 6.45) is 0.740. The predicted molar refractivity (Wildman–Crippen MR) is 184 cm³/mol. The normalized spacial score (nSPS) is 17.5. The van der Waals surface area contributed by atoms with Crippen LogP contribution in [0, 0.1) is 0 Å². The SMILES string of the molecule is COc1ccccc1SC[C@@H]1C[C@H](c2ccc(CO)cc2)O[C@H](c2ccc(CNC(=O)CCCC(=O)Nc3ccccc3N)cc2)O1. The van der Waals surface area contributed by atoms with Crippen LogP contribution in [0.5, 0.6) is 5.75 Å². The largest absolute Gasteiger partial charge is 0.496 e. The van der Waals surface area contributed by atoms with Crippen LogP contribution in [0.15, 0.2) is 102 Å². The van der Waals surface area contributed by atoms with Crippen LogP contribution < -0.4 is 21.1 Å². The van der Waals surface area contributed by atoms with Crippen LogP contribution in [0.3, 0.4) is 0 Å². The summed E-state index contributed by atoms with van der Waals surface area (Å²) >= 11 is 1.69. The van der Waals surface area contributed by atoms with Gasteiger partial charge in [0.2, 0.25) is 11.8 Å². The number of rotatable bonds is 14. The van der Waals surface area contributed by atoms with Crippen molar-refractivity contribution in [2.75, 3.05) is 23.9 Å². The van der Waals surface area contributed by atoms with Crippen molar-refractivity contribution in [2.45, 2.75) is 62.2 Å². The molecule has 0 saturated carbocycles. The molecule has 0 aromatic heterocycles. The number of methoxy groups -OCH3 is 1. The zero-order chi connectivity index (χ0) is 33.0. The molecule has 0 radical (unpaired) electrons. The van der Waals surface area contributed by atoms with E-state index in [1.54, 1.807) is 43.1 Å². The molecule has 1 aliphatic rings. The van der Waals surface area contributed by atoms with E-state index < -0.39 is 6.29 Å². The van der Waals surface area contributed by atoms with Crippen molar-refractivity contribution < 1.29 is 28.9 Å². The summed E-state index contributed by atoms with van der Waals surface area (Å²) in [4.78, 5) is 25.7. The topological polar surface area (TPSA) is 132 Å². The highest BCUT2D eigenvalue weighted by Crippen LogP contribution is 2.40. The average molecular weight is 656 g/mol. The molecule has 9 nitrogen and oxygen atoms in total. The Morgan fingerprint density at radius 2 is 1.55 bits per heavy atom. The molecule has 0 bridgehead atoms. The van der Waals surface area contributed by atoms with Gasteiger partial charge in [0.05, 0.1) is 37.3 Å². The summed E-state index contributed by atoms with van der Waals surface area (Å²) in [6, 6.07) is 30.7. The van der Waals surface area contributed by atoms with Gasteiger partial charge in [-0.15, -0.1) is 11.8 Å². The highest BCUT2D eigenvalue weighted by Gasteiger charge is 2.32. The number of aliphatic hydroxyl groups excluding tert-OH is 1. The Labute approximate surface area is 279 Å². The maximum atomic E-state index is 12.4. The van der Waals surface area contributed by atoms with Crippen molar-refractivity contribution in [3.05, 3.63) is 119 Å². The molecule has 0 spiro atoms. The van der Waals surface area contributed by atoms with Crippen molar-refractivity contribution in [1.29, 1.82) is 0 Å². The number of ether oxygens (including phenoxy) is 3. The number of para-hydroxylation sites is 3. The van der Waals surface area contributed by atoms with Crippen molar-refractivity contribution in [2.24, 2.45) is 0 Å². The number of carbonyl (C=O) groups excluding carboxylic acids is 2. The quantitative estimate of drug-likeness (QED) is 0.0891. The summed E-state index contributed by atoms with van der Waals surface area (Å²) in [5, 5.41) is 15.2. The van der Waals surface area contributed by atoms with Crippen LogP contribution in [-0.4, -0.2) is 35.9 Å². The van der Waals surface area contributed by atoms with Gasteiger partial charge in [0.1, 0.15) is 5.75 Å². The number of hydrogen-bond acceptors (Lipinski definition) is 8. The molecule has 10 heteroatoms. The number of thioether (sulfide) groups is 1. The van der Waals surface area contributed by atoms with Crippen molar-refractivity contribution >= 4 is 35.0 Å². The maximum Gasteiger partial charge on any atom is 0.224 e. The van der Waals surface area contributed by atoms with Crippen molar-refractivity contribution in [1.82, 2.24) is 5.32 Å². The summed E-state index contributed by atoms with van der Waals surface area (Å²) in [6.45, 7) is 0.362. The van der Waals surface area contributed by atoms with Crippen LogP contribution in [0.25, 0.3) is 0 Å². The first-order valence-electron chi connectivity index (χ1n) is 15.7. The zero-order valence-corrected chi connectivity index (χ0v) is 27.2. The molecule has 1 heterocycles. The number of carbonyl (C=O) groups is 2. The van der Waals surface area contributed by atoms with E-state index in [9.17, 15) is 14.7 Å². The second-order valence-electron chi connectivity index (χ2n) is 11.3. The fourth-order valence-corrected chi connectivity index (χ4v) is 6.31. The van der Waals surface area contributed by atoms with Gasteiger partial charge in [-0.2, -0.15) is 0 Å². The lowest BCUT2D eigenvalue weighted by atomic mass is 10.0. The van der Waals surface area contributed by atoms with Gasteiger partial charge in [0.25, 0.3) is 0 Å². The van der Waals surface area contributed by atoms with E-state index in [0.717, 1.165) is 38.7 Å². The van der Waals surface area contributed by atoms with Gasteiger partial charge in [-0.25, -0.2) is 0 Å². The van der Waals surface area contributed by atoms with E-state index >= 15 is 0 Å². The van der Waals surface area contributed by atoms with Crippen LogP contribution in [-0.2, 0) is 32.2 Å². The standard InChI is InChI=1S/C37H41N3O6S/c1-44-32-9-4-5-10-34(32)47-24-29-21-33(27-17-15-26(23-41)16-18-27)46-37(45-29)28-19-13-25(14-20-28)22-39-35(42)11-6-12-36(43)40-31-8-3-2-7-30(31)38/h2-5,7-10,13-20,29,33,37,41H,6,11-12,21-24,38H2,1H3,(H,39,42)(H,40,43)/t29-,33+,37+/m0/s1. The fraction of sp³-hybridized carbons (Fsp3) is 0.297. The first kappa shape index (κ1) is 34.0. The molecule has 0 unspecified atom stereocenters. The van der Waals surface area contributed by atoms with E-state index in [4.69, 9.17) is 19.9 Å². The number of hydrogen-bond donors (Lipinski definition) is 4. The summed E-state index contributed by atoms with van der Waals surface area (Å²) < 4.78 is 18.5. The highest BCUT2D eigenvalue weighted by atomic mass is 32.2. The number of nitrogen functional groups attached to an aromatic ring is 1. The number of nitrogens with one attached hydrogen (secondary N) is 2. The molecule has 5 rings (SSSR count). The van der Waals surface area contributed by atoms with Gasteiger partial charge in [0, 0.05) is 42.0 Å². The molecule has 47 heavy (non-hydrogen) atoms. The van der Waals surface area contributed by atoms with E-state index in [1.807, 2.05) is 72.8 Å². The highest BCUT2D eigenvalue weighted by molar-refractivity contribution is 7.99. The average Bonchev–Trinajstić information content (AvgIpc) is 3.11. The number of amides is 2. The van der Waals surface area contributed by atoms with E-state index in [2.05, 4.69) is 10.6 Å². The Morgan fingerprint density at radius 1 is 0.872 bits per heavy atom. The zero-order valence-electron chi connectivity index (χ0n) is 26.4. The van der Waals surface area contributed by atoms with Gasteiger partial charge in [-0.1, -0.05) is 72.8 Å². The Kier molecular flexibility index (Phi) is 12.3. The minimum atomic E-state index is -0.574. The van der Waals surface area contributed by atoms with Gasteiger partial charge in [0.15, 0.2) is 6.29 Å². The van der Waals surface area contributed by atoms with E-state index in [-0.39, 0.29) is 43.5 Å². The molecule has 246 valence electrons. The van der Waals surface area contributed by atoms with E-state index in [0.29, 0.717) is 30.8 Å². The Bertz CT molecular complexity index is 1620. The minimum Gasteiger partial charge on any atom is -0.496 e. The molecule has 1 aliphatic heterocycles. The molecule has 1 saturated heterocycles. The molecule has 1 fully saturated rings. The third-order valence-corrected chi connectivity index (χ3v) is 9.08. The Balaban J connectivity index is 1.15. The lowest BCUT2D eigenvalue weighted by Gasteiger charge is -2.36. The summed E-state index contributed by atoms with van der Waals surface area (Å²) in [5.41, 5.74) is 10.7. The Morgan fingerprint density at radius 3 is 2.30 bits per heavy atom. The van der Waals surface area contributed by atoms with Crippen LogP contribution in [0.2, 0.25) is 0 Å². The van der Waals surface area contributed by atoms with Crippen molar-refractivity contribution in [3.63, 3.8) is 0 Å². The van der Waals surface area contributed by atoms with Crippen LogP contribution in [0.1, 0.15) is 60.3 Å². The third kappa shape index (κ3) is 9.82. The summed E-state index contributed by atoms with van der Waals surface area (Å²) in [5.74, 6) is 1.26. The van der Waals surface area contributed by atoms with Gasteiger partial charge in [-0.3, -0.25) is 9.59 Å². The summed E-state index contributed by atoms with van der Waals surface area (Å²) in [7, 11) is 1.67. The number of benzene rings is 4. The number of aliphatic hydroxyl groups is 1. The number of nitrogens with two attached hydrogens (primary N) is 1. The molecule has 3 atom stereocenters. The van der Waals surface area contributed by atoms with Crippen molar-refractivity contribution in [3.8, 4) is 5.75 Å². The molecule has 4 aromatic carbocycles. The first-order valence-corrected chi connectivity index (χ1v) is 16.7. The van der Waals surface area contributed by atoms with Crippen LogP contribution in [0.4, 0.5) is 11.4 Å². The molecule has 0 aliphatic carbocycles. The number of anilines is 2. The molecule has 5 N–H and O–H groups in total. The second kappa shape index (κ2) is 17.0. The minimum absolute atomic E-state index is 0.00957.